The molecule has 2 amide bonds. The van der Waals surface area contributed by atoms with Crippen molar-refractivity contribution in [1.29, 1.82) is 0 Å². The van der Waals surface area contributed by atoms with E-state index in [0.717, 1.165) is 12.8 Å². The van der Waals surface area contributed by atoms with E-state index in [9.17, 15) is 9.59 Å². The van der Waals surface area contributed by atoms with Gasteiger partial charge in [0.1, 0.15) is 0 Å². The third-order valence-electron chi connectivity index (χ3n) is 4.74. The lowest BCUT2D eigenvalue weighted by atomic mass is 9.81. The molecule has 3 heterocycles. The standard InChI is InChI=1S/C18H22N4O2S/c1-2-13-12-22(17(24)15-4-3-6-19-11-15)8-5-14(13)10-16(23)21-18-20-7-9-25-18/h3-4,6-7,9,11,13-14H,2,5,8,10,12H2,1H3,(H,20,21,23)/t13-,14-/m0/s1. The average molecular weight is 358 g/mol. The van der Waals surface area contributed by atoms with Crippen LogP contribution in [0.1, 0.15) is 36.5 Å². The second kappa shape index (κ2) is 8.20. The summed E-state index contributed by atoms with van der Waals surface area (Å²) in [5.74, 6) is 0.655. The quantitative estimate of drug-likeness (QED) is 0.891. The van der Waals surface area contributed by atoms with Crippen molar-refractivity contribution >= 4 is 28.3 Å². The fourth-order valence-electron chi connectivity index (χ4n) is 3.36. The van der Waals surface area contributed by atoms with E-state index in [0.29, 0.717) is 42.0 Å². The molecule has 132 valence electrons. The van der Waals surface area contributed by atoms with Crippen molar-refractivity contribution in [2.24, 2.45) is 11.8 Å². The molecule has 0 aliphatic carbocycles. The number of rotatable bonds is 5. The summed E-state index contributed by atoms with van der Waals surface area (Å²) in [5, 5.41) is 5.33. The zero-order valence-corrected chi connectivity index (χ0v) is 15.0. The summed E-state index contributed by atoms with van der Waals surface area (Å²) in [6.07, 6.45) is 7.22. The van der Waals surface area contributed by atoms with Crippen LogP contribution in [0.2, 0.25) is 0 Å². The predicted molar refractivity (Wildman–Crippen MR) is 97.4 cm³/mol. The van der Waals surface area contributed by atoms with Gasteiger partial charge in [0.15, 0.2) is 5.13 Å². The minimum Gasteiger partial charge on any atom is -0.338 e. The summed E-state index contributed by atoms with van der Waals surface area (Å²) in [6.45, 7) is 3.49. The van der Waals surface area contributed by atoms with Crippen LogP contribution in [0.25, 0.3) is 0 Å². The van der Waals surface area contributed by atoms with E-state index < -0.39 is 0 Å². The van der Waals surface area contributed by atoms with E-state index in [1.807, 2.05) is 10.3 Å². The van der Waals surface area contributed by atoms with Gasteiger partial charge in [0.05, 0.1) is 5.56 Å². The molecule has 1 aliphatic heterocycles. The van der Waals surface area contributed by atoms with Gasteiger partial charge in [-0.3, -0.25) is 14.6 Å². The molecule has 2 atom stereocenters. The molecule has 0 aromatic carbocycles. The molecule has 0 spiro atoms. The Morgan fingerprint density at radius 3 is 2.92 bits per heavy atom. The van der Waals surface area contributed by atoms with Crippen LogP contribution in [0.5, 0.6) is 0 Å². The number of carbonyl (C=O) groups is 2. The topological polar surface area (TPSA) is 75.2 Å². The van der Waals surface area contributed by atoms with E-state index >= 15 is 0 Å². The lowest BCUT2D eigenvalue weighted by molar-refractivity contribution is -0.117. The number of hydrogen-bond acceptors (Lipinski definition) is 5. The number of anilines is 1. The first kappa shape index (κ1) is 17.5. The number of thiazole rings is 1. The van der Waals surface area contributed by atoms with E-state index in [4.69, 9.17) is 0 Å². The maximum Gasteiger partial charge on any atom is 0.255 e. The monoisotopic (exact) mass is 358 g/mol. The Balaban J connectivity index is 1.58. The molecule has 1 aliphatic rings. The molecule has 3 rings (SSSR count). The summed E-state index contributed by atoms with van der Waals surface area (Å²) in [7, 11) is 0. The van der Waals surface area contributed by atoms with Gasteiger partial charge in [0.25, 0.3) is 5.91 Å². The SMILES string of the molecule is CC[C@H]1CN(C(=O)c2cccnc2)CC[C@H]1CC(=O)Nc1nccs1. The summed E-state index contributed by atoms with van der Waals surface area (Å²) >= 11 is 1.42. The van der Waals surface area contributed by atoms with Gasteiger partial charge in [-0.25, -0.2) is 4.98 Å². The van der Waals surface area contributed by atoms with Crippen LogP contribution < -0.4 is 5.32 Å². The highest BCUT2D eigenvalue weighted by molar-refractivity contribution is 7.13. The van der Waals surface area contributed by atoms with Gasteiger partial charge in [0.2, 0.25) is 5.91 Å². The molecule has 6 nitrogen and oxygen atoms in total. The fraction of sp³-hybridized carbons (Fsp3) is 0.444. The predicted octanol–water partition coefficient (Wildman–Crippen LogP) is 3.06. The van der Waals surface area contributed by atoms with Crippen LogP contribution in [0.15, 0.2) is 36.1 Å². The van der Waals surface area contributed by atoms with Gasteiger partial charge < -0.3 is 10.2 Å². The van der Waals surface area contributed by atoms with Gasteiger partial charge >= 0.3 is 0 Å². The Bertz CT molecular complexity index is 705. The van der Waals surface area contributed by atoms with Crippen molar-refractivity contribution in [3.05, 3.63) is 41.7 Å². The molecular weight excluding hydrogens is 336 g/mol. The molecule has 0 bridgehead atoms. The molecule has 0 radical (unpaired) electrons. The van der Waals surface area contributed by atoms with E-state index in [2.05, 4.69) is 22.2 Å². The fourth-order valence-corrected chi connectivity index (χ4v) is 3.91. The lowest BCUT2D eigenvalue weighted by Crippen LogP contribution is -2.44. The number of aromatic nitrogens is 2. The first-order chi connectivity index (χ1) is 12.2. The van der Waals surface area contributed by atoms with Crippen LogP contribution in [-0.2, 0) is 4.79 Å². The molecule has 7 heteroatoms. The minimum absolute atomic E-state index is 0.00503. The third kappa shape index (κ3) is 4.42. The van der Waals surface area contributed by atoms with Gasteiger partial charge in [-0.15, -0.1) is 11.3 Å². The van der Waals surface area contributed by atoms with Crippen molar-refractivity contribution in [3.8, 4) is 0 Å². The Morgan fingerprint density at radius 2 is 2.24 bits per heavy atom. The molecule has 2 aromatic heterocycles. The average Bonchev–Trinajstić information content (AvgIpc) is 3.15. The molecule has 2 aromatic rings. The molecular formula is C18H22N4O2S. The Kier molecular flexibility index (Phi) is 5.75. The smallest absolute Gasteiger partial charge is 0.255 e. The minimum atomic E-state index is 0.00503. The third-order valence-corrected chi connectivity index (χ3v) is 5.43. The molecule has 25 heavy (non-hydrogen) atoms. The normalized spacial score (nSPS) is 20.3. The van der Waals surface area contributed by atoms with E-state index in [1.165, 1.54) is 11.3 Å². The highest BCUT2D eigenvalue weighted by Gasteiger charge is 2.32. The Hall–Kier alpha value is -2.28. The Labute approximate surface area is 151 Å². The van der Waals surface area contributed by atoms with Crippen LogP contribution in [0.3, 0.4) is 0 Å². The van der Waals surface area contributed by atoms with Crippen molar-refractivity contribution < 1.29 is 9.59 Å². The second-order valence-corrected chi connectivity index (χ2v) is 7.19. The van der Waals surface area contributed by atoms with Gasteiger partial charge in [0, 0.05) is 43.5 Å². The van der Waals surface area contributed by atoms with E-state index in [-0.39, 0.29) is 11.8 Å². The van der Waals surface area contributed by atoms with Crippen LogP contribution in [0.4, 0.5) is 5.13 Å². The maximum atomic E-state index is 12.6. The number of nitrogens with one attached hydrogen (secondary N) is 1. The highest BCUT2D eigenvalue weighted by atomic mass is 32.1. The van der Waals surface area contributed by atoms with Gasteiger partial charge in [-0.05, 0) is 30.4 Å². The second-order valence-electron chi connectivity index (χ2n) is 6.30. The molecule has 1 N–H and O–H groups in total. The van der Waals surface area contributed by atoms with Gasteiger partial charge in [-0.1, -0.05) is 13.3 Å². The largest absolute Gasteiger partial charge is 0.338 e. The number of pyridine rings is 1. The first-order valence-electron chi connectivity index (χ1n) is 8.56. The maximum absolute atomic E-state index is 12.6. The van der Waals surface area contributed by atoms with Crippen molar-refractivity contribution in [2.45, 2.75) is 26.2 Å². The molecule has 0 unspecified atom stereocenters. The summed E-state index contributed by atoms with van der Waals surface area (Å²) in [6, 6.07) is 3.57. The Morgan fingerprint density at radius 1 is 1.36 bits per heavy atom. The number of carbonyl (C=O) groups excluding carboxylic acids is 2. The summed E-state index contributed by atoms with van der Waals surface area (Å²) in [4.78, 5) is 34.8. The van der Waals surface area contributed by atoms with Crippen molar-refractivity contribution in [3.63, 3.8) is 0 Å². The van der Waals surface area contributed by atoms with Crippen LogP contribution in [0, 0.1) is 11.8 Å². The molecule has 1 fully saturated rings. The van der Waals surface area contributed by atoms with Crippen molar-refractivity contribution in [1.82, 2.24) is 14.9 Å². The number of hydrogen-bond donors (Lipinski definition) is 1. The molecule has 1 saturated heterocycles. The molecule has 0 saturated carbocycles. The van der Waals surface area contributed by atoms with Crippen LogP contribution in [-0.4, -0.2) is 39.8 Å². The number of piperidine rings is 1. The van der Waals surface area contributed by atoms with E-state index in [1.54, 1.807) is 30.7 Å². The number of likely N-dealkylation sites (tertiary alicyclic amines) is 1. The summed E-state index contributed by atoms with van der Waals surface area (Å²) < 4.78 is 0. The summed E-state index contributed by atoms with van der Waals surface area (Å²) in [5.41, 5.74) is 0.623. The van der Waals surface area contributed by atoms with Gasteiger partial charge in [-0.2, -0.15) is 0 Å². The first-order valence-corrected chi connectivity index (χ1v) is 9.44. The van der Waals surface area contributed by atoms with Crippen LogP contribution >= 0.6 is 11.3 Å². The lowest BCUT2D eigenvalue weighted by Gasteiger charge is -2.38. The number of amides is 2. The van der Waals surface area contributed by atoms with Crippen molar-refractivity contribution in [2.75, 3.05) is 18.4 Å². The zero-order valence-electron chi connectivity index (χ0n) is 14.2. The highest BCUT2D eigenvalue weighted by Crippen LogP contribution is 2.30. The zero-order chi connectivity index (χ0) is 17.6. The number of nitrogens with zero attached hydrogens (tertiary/aromatic N) is 3.